The average Bonchev–Trinajstić information content (AvgIpc) is 3.51. The summed E-state index contributed by atoms with van der Waals surface area (Å²) in [6, 6.07) is 9.60. The van der Waals surface area contributed by atoms with Gasteiger partial charge < -0.3 is 23.9 Å². The van der Waals surface area contributed by atoms with Crippen molar-refractivity contribution in [1.29, 1.82) is 0 Å². The number of carboxylic acids is 1. The molecular weight excluding hydrogens is 527 g/mol. The van der Waals surface area contributed by atoms with E-state index < -0.39 is 11.8 Å². The van der Waals surface area contributed by atoms with Gasteiger partial charge in [0, 0.05) is 17.0 Å². The highest BCUT2D eigenvalue weighted by molar-refractivity contribution is 6.34. The molecule has 1 unspecified atom stereocenters. The summed E-state index contributed by atoms with van der Waals surface area (Å²) < 4.78 is 33.6. The van der Waals surface area contributed by atoms with Gasteiger partial charge in [-0.25, -0.2) is 14.4 Å². The van der Waals surface area contributed by atoms with Crippen LogP contribution in [0.4, 0.5) is 4.39 Å². The van der Waals surface area contributed by atoms with Crippen LogP contribution in [0.3, 0.4) is 0 Å². The van der Waals surface area contributed by atoms with E-state index in [1.165, 1.54) is 25.6 Å². The first-order chi connectivity index (χ1) is 18.7. The summed E-state index contributed by atoms with van der Waals surface area (Å²) in [6.07, 6.45) is 3.22. The molecule has 0 radical (unpaired) electrons. The van der Waals surface area contributed by atoms with Crippen molar-refractivity contribution in [1.82, 2.24) is 19.5 Å². The van der Waals surface area contributed by atoms with Crippen LogP contribution in [0, 0.1) is 11.7 Å². The Morgan fingerprint density at radius 1 is 1.23 bits per heavy atom. The Morgan fingerprint density at radius 2 is 2.03 bits per heavy atom. The number of fused-ring (bicyclic) bond motifs is 1. The zero-order valence-corrected chi connectivity index (χ0v) is 22.5. The van der Waals surface area contributed by atoms with Crippen LogP contribution >= 0.6 is 11.6 Å². The number of carbonyl (C=O) groups is 1. The number of aliphatic carboxylic acids is 1. The van der Waals surface area contributed by atoms with E-state index in [9.17, 15) is 9.18 Å². The second-order valence-electron chi connectivity index (χ2n) is 10.0. The normalized spacial score (nSPS) is 14.7. The van der Waals surface area contributed by atoms with E-state index in [1.54, 1.807) is 31.2 Å². The largest absolute Gasteiger partial charge is 0.496 e. The highest BCUT2D eigenvalue weighted by atomic mass is 35.5. The van der Waals surface area contributed by atoms with Crippen LogP contribution in [0.15, 0.2) is 42.7 Å². The van der Waals surface area contributed by atoms with Crippen LogP contribution in [-0.4, -0.2) is 49.9 Å². The molecule has 0 saturated heterocycles. The molecule has 2 heterocycles. The number of ether oxygens (including phenoxy) is 3. The van der Waals surface area contributed by atoms with Crippen LogP contribution < -0.4 is 14.2 Å². The predicted octanol–water partition coefficient (Wildman–Crippen LogP) is 5.76. The van der Waals surface area contributed by atoms with E-state index in [2.05, 4.69) is 9.97 Å². The minimum absolute atomic E-state index is 0.0249. The number of carboxylic acid groups (broad SMARTS) is 1. The maximum absolute atomic E-state index is 14.3. The molecule has 204 valence electrons. The van der Waals surface area contributed by atoms with Gasteiger partial charge >= 0.3 is 5.97 Å². The fourth-order valence-electron chi connectivity index (χ4n) is 4.28. The number of halogens is 2. The molecule has 0 amide bonds. The SMILES string of the molecule is COc1ccc(F)cc1Cn1c(-c2cccc(OCC(C)CC(=O)O)c2Cl)nc2c(OC3(C)CC3)ncnc21. The molecule has 5 rings (SSSR count). The Labute approximate surface area is 229 Å². The fourth-order valence-corrected chi connectivity index (χ4v) is 4.55. The predicted molar refractivity (Wildman–Crippen MR) is 143 cm³/mol. The lowest BCUT2D eigenvalue weighted by atomic mass is 10.1. The van der Waals surface area contributed by atoms with Gasteiger partial charge in [-0.2, -0.15) is 4.98 Å². The van der Waals surface area contributed by atoms with Crippen molar-refractivity contribution in [2.45, 2.75) is 45.3 Å². The summed E-state index contributed by atoms with van der Waals surface area (Å²) in [6.45, 7) is 4.16. The van der Waals surface area contributed by atoms with Gasteiger partial charge in [0.15, 0.2) is 11.2 Å². The lowest BCUT2D eigenvalue weighted by Gasteiger charge is -2.16. The summed E-state index contributed by atoms with van der Waals surface area (Å²) >= 11 is 6.83. The van der Waals surface area contributed by atoms with Gasteiger partial charge in [0.05, 0.1) is 31.7 Å². The molecule has 1 aliphatic carbocycles. The molecule has 0 spiro atoms. The highest BCUT2D eigenvalue weighted by Crippen LogP contribution is 2.42. The summed E-state index contributed by atoms with van der Waals surface area (Å²) in [5.74, 6) is 0.199. The van der Waals surface area contributed by atoms with Crippen molar-refractivity contribution >= 4 is 28.7 Å². The molecule has 39 heavy (non-hydrogen) atoms. The van der Waals surface area contributed by atoms with Crippen molar-refractivity contribution in [3.63, 3.8) is 0 Å². The highest BCUT2D eigenvalue weighted by Gasteiger charge is 2.41. The topological polar surface area (TPSA) is 109 Å². The Balaban J connectivity index is 1.61. The summed E-state index contributed by atoms with van der Waals surface area (Å²) in [4.78, 5) is 24.7. The van der Waals surface area contributed by atoms with Crippen LogP contribution in [0.1, 0.15) is 38.7 Å². The number of aromatic nitrogens is 4. The first kappa shape index (κ1) is 26.7. The Kier molecular flexibility index (Phi) is 7.31. The van der Waals surface area contributed by atoms with E-state index in [0.29, 0.717) is 50.5 Å². The molecule has 2 aromatic carbocycles. The monoisotopic (exact) mass is 554 g/mol. The molecule has 1 aliphatic rings. The van der Waals surface area contributed by atoms with Crippen molar-refractivity contribution < 1.29 is 28.5 Å². The van der Waals surface area contributed by atoms with E-state index in [4.69, 9.17) is 35.9 Å². The zero-order chi connectivity index (χ0) is 27.7. The molecule has 1 saturated carbocycles. The molecule has 2 aromatic heterocycles. The Bertz CT molecular complexity index is 1540. The van der Waals surface area contributed by atoms with Gasteiger partial charge in [0.25, 0.3) is 0 Å². The number of imidazole rings is 1. The molecule has 0 bridgehead atoms. The molecule has 9 nitrogen and oxygen atoms in total. The lowest BCUT2D eigenvalue weighted by Crippen LogP contribution is -2.13. The number of hydrogen-bond acceptors (Lipinski definition) is 7. The van der Waals surface area contributed by atoms with Gasteiger partial charge in [-0.3, -0.25) is 4.79 Å². The van der Waals surface area contributed by atoms with E-state index in [0.717, 1.165) is 12.8 Å². The second-order valence-corrected chi connectivity index (χ2v) is 10.4. The molecule has 1 atom stereocenters. The van der Waals surface area contributed by atoms with Gasteiger partial charge in [0.2, 0.25) is 5.88 Å². The summed E-state index contributed by atoms with van der Waals surface area (Å²) in [5.41, 5.74) is 1.78. The third-order valence-corrected chi connectivity index (χ3v) is 7.01. The average molecular weight is 555 g/mol. The number of hydrogen-bond donors (Lipinski definition) is 1. The van der Waals surface area contributed by atoms with Crippen molar-refractivity contribution in [2.75, 3.05) is 13.7 Å². The first-order valence-electron chi connectivity index (χ1n) is 12.5. The summed E-state index contributed by atoms with van der Waals surface area (Å²) in [7, 11) is 1.52. The van der Waals surface area contributed by atoms with Gasteiger partial charge in [-0.05, 0) is 50.1 Å². The molecule has 0 aliphatic heterocycles. The molecule has 1 N–H and O–H groups in total. The zero-order valence-electron chi connectivity index (χ0n) is 21.8. The smallest absolute Gasteiger partial charge is 0.303 e. The third-order valence-electron chi connectivity index (χ3n) is 6.62. The maximum atomic E-state index is 14.3. The number of rotatable bonds is 11. The van der Waals surface area contributed by atoms with Crippen molar-refractivity contribution in [2.24, 2.45) is 5.92 Å². The Hall–Kier alpha value is -3.92. The minimum atomic E-state index is -0.897. The van der Waals surface area contributed by atoms with E-state index in [1.807, 2.05) is 11.5 Å². The molecule has 4 aromatic rings. The van der Waals surface area contributed by atoms with E-state index in [-0.39, 0.29) is 31.1 Å². The van der Waals surface area contributed by atoms with Crippen molar-refractivity contribution in [3.8, 4) is 28.8 Å². The molecule has 11 heteroatoms. The third kappa shape index (κ3) is 5.75. The standard InChI is InChI=1S/C28H28ClFN4O5/c1-16(11-22(35)36)14-38-21-6-4-5-19(23(21)29)25-33-24-26(31-15-32-27(24)39-28(2)9-10-28)34(25)13-17-12-18(30)7-8-20(17)37-3/h4-8,12,15-16H,9-11,13-14H2,1-3H3,(H,35,36). The number of methoxy groups -OCH3 is 1. The first-order valence-corrected chi connectivity index (χ1v) is 12.9. The van der Waals surface area contributed by atoms with Gasteiger partial charge in [-0.15, -0.1) is 0 Å². The molecular formula is C28H28ClFN4O5. The van der Waals surface area contributed by atoms with Crippen LogP contribution in [0.25, 0.3) is 22.6 Å². The van der Waals surface area contributed by atoms with Gasteiger partial charge in [-0.1, -0.05) is 24.6 Å². The quantitative estimate of drug-likeness (QED) is 0.249. The number of benzene rings is 2. The van der Waals surface area contributed by atoms with Gasteiger partial charge in [0.1, 0.15) is 35.1 Å². The lowest BCUT2D eigenvalue weighted by molar-refractivity contribution is -0.138. The Morgan fingerprint density at radius 3 is 2.74 bits per heavy atom. The minimum Gasteiger partial charge on any atom is -0.496 e. The van der Waals surface area contributed by atoms with Crippen LogP contribution in [-0.2, 0) is 11.3 Å². The maximum Gasteiger partial charge on any atom is 0.303 e. The summed E-state index contributed by atoms with van der Waals surface area (Å²) in [5, 5.41) is 9.35. The van der Waals surface area contributed by atoms with E-state index >= 15 is 0 Å². The number of nitrogens with zero attached hydrogens (tertiary/aromatic N) is 4. The second kappa shape index (κ2) is 10.7. The van der Waals surface area contributed by atoms with Crippen molar-refractivity contribution in [3.05, 3.63) is 59.1 Å². The van der Waals surface area contributed by atoms with Crippen LogP contribution in [0.5, 0.6) is 17.4 Å². The molecule has 1 fully saturated rings. The van der Waals surface area contributed by atoms with Crippen LogP contribution in [0.2, 0.25) is 5.02 Å². The fraction of sp³-hybridized carbons (Fsp3) is 0.357.